The number of rotatable bonds is 7. The average Bonchev–Trinajstić information content (AvgIpc) is 3.14. The van der Waals surface area contributed by atoms with Crippen LogP contribution in [-0.2, 0) is 16.1 Å². The molecule has 0 unspecified atom stereocenters. The summed E-state index contributed by atoms with van der Waals surface area (Å²) in [5.41, 5.74) is 1.34. The lowest BCUT2D eigenvalue weighted by molar-refractivity contribution is -0.116. The number of esters is 1. The number of amides is 1. The number of ether oxygens (including phenoxy) is 1. The Bertz CT molecular complexity index is 1010. The Kier molecular flexibility index (Phi) is 5.97. The second-order valence-corrected chi connectivity index (χ2v) is 6.84. The molecule has 2 aromatic heterocycles. The first-order valence-electron chi connectivity index (χ1n) is 8.58. The molecule has 3 rings (SSSR count). The van der Waals surface area contributed by atoms with Gasteiger partial charge in [0.15, 0.2) is 0 Å². The normalized spacial score (nSPS) is 10.7. The highest BCUT2D eigenvalue weighted by molar-refractivity contribution is 7.17. The van der Waals surface area contributed by atoms with Crippen LogP contribution < -0.4 is 10.9 Å². The molecule has 0 radical (unpaired) electrons. The van der Waals surface area contributed by atoms with E-state index >= 15 is 0 Å². The Balaban J connectivity index is 1.61. The lowest BCUT2D eigenvalue weighted by atomic mass is 10.2. The molecule has 0 aliphatic rings. The zero-order valence-corrected chi connectivity index (χ0v) is 15.6. The number of nitrogens with zero attached hydrogens (tertiary/aromatic N) is 2. The van der Waals surface area contributed by atoms with Gasteiger partial charge in [-0.3, -0.25) is 14.2 Å². The van der Waals surface area contributed by atoms with Gasteiger partial charge in [-0.25, -0.2) is 9.78 Å². The summed E-state index contributed by atoms with van der Waals surface area (Å²) in [6, 6.07) is 8.20. The highest BCUT2D eigenvalue weighted by Gasteiger charge is 2.10. The lowest BCUT2D eigenvalue weighted by Gasteiger charge is -2.08. The van der Waals surface area contributed by atoms with E-state index in [9.17, 15) is 14.4 Å². The highest BCUT2D eigenvalue weighted by atomic mass is 32.1. The monoisotopic (exact) mass is 385 g/mol. The van der Waals surface area contributed by atoms with Gasteiger partial charge in [0, 0.05) is 5.69 Å². The molecular weight excluding hydrogens is 366 g/mol. The van der Waals surface area contributed by atoms with Crippen LogP contribution in [0.5, 0.6) is 0 Å². The maximum atomic E-state index is 12.3. The number of unbranched alkanes of at least 4 members (excludes halogenated alkanes) is 1. The van der Waals surface area contributed by atoms with Crippen LogP contribution in [0.1, 0.15) is 30.1 Å². The minimum Gasteiger partial charge on any atom is -0.462 e. The number of thiophene rings is 1. The number of nitrogens with one attached hydrogen (secondary N) is 1. The van der Waals surface area contributed by atoms with Crippen LogP contribution in [0.3, 0.4) is 0 Å². The summed E-state index contributed by atoms with van der Waals surface area (Å²) in [5.74, 6) is -0.740. The van der Waals surface area contributed by atoms with Gasteiger partial charge in [-0.15, -0.1) is 11.3 Å². The van der Waals surface area contributed by atoms with E-state index in [-0.39, 0.29) is 24.0 Å². The van der Waals surface area contributed by atoms with E-state index in [4.69, 9.17) is 4.74 Å². The van der Waals surface area contributed by atoms with E-state index in [0.29, 0.717) is 28.1 Å². The number of carbonyl (C=O) groups excluding carboxylic acids is 2. The van der Waals surface area contributed by atoms with Crippen molar-refractivity contribution < 1.29 is 14.3 Å². The number of anilines is 1. The number of hydrogen-bond donors (Lipinski definition) is 1. The zero-order chi connectivity index (χ0) is 19.2. The Morgan fingerprint density at radius 3 is 2.74 bits per heavy atom. The van der Waals surface area contributed by atoms with Gasteiger partial charge in [0.1, 0.15) is 11.2 Å². The second kappa shape index (κ2) is 8.59. The van der Waals surface area contributed by atoms with E-state index in [0.717, 1.165) is 12.8 Å². The fourth-order valence-electron chi connectivity index (χ4n) is 2.43. The number of benzene rings is 1. The van der Waals surface area contributed by atoms with Gasteiger partial charge < -0.3 is 10.1 Å². The Hall–Kier alpha value is -3.00. The molecular formula is C19H19N3O4S. The number of hydrogen-bond acceptors (Lipinski definition) is 6. The Morgan fingerprint density at radius 1 is 1.22 bits per heavy atom. The van der Waals surface area contributed by atoms with Crippen molar-refractivity contribution in [3.8, 4) is 0 Å². The van der Waals surface area contributed by atoms with E-state index in [1.54, 1.807) is 35.7 Å². The molecule has 3 aromatic rings. The Morgan fingerprint density at radius 2 is 2.00 bits per heavy atom. The zero-order valence-electron chi connectivity index (χ0n) is 14.8. The standard InChI is InChI=1S/C19H19N3O4S/c1-2-3-9-26-19(25)13-4-6-14(7-5-13)21-16(23)11-22-12-20-15-8-10-27-17(15)18(22)24/h4-8,10,12H,2-3,9,11H2,1H3,(H,21,23). The molecule has 1 N–H and O–H groups in total. The third-order valence-electron chi connectivity index (χ3n) is 3.89. The summed E-state index contributed by atoms with van der Waals surface area (Å²) in [6.07, 6.45) is 3.15. The molecule has 7 nitrogen and oxygen atoms in total. The first-order valence-corrected chi connectivity index (χ1v) is 9.46. The minimum atomic E-state index is -0.386. The van der Waals surface area contributed by atoms with Crippen molar-refractivity contribution in [3.63, 3.8) is 0 Å². The predicted octanol–water partition coefficient (Wildman–Crippen LogP) is 3.05. The average molecular weight is 385 g/mol. The SMILES string of the molecule is CCCCOC(=O)c1ccc(NC(=O)Cn2cnc3ccsc3c2=O)cc1. The molecule has 2 heterocycles. The summed E-state index contributed by atoms with van der Waals surface area (Å²) < 4.78 is 6.94. The molecule has 0 saturated carbocycles. The van der Waals surface area contributed by atoms with E-state index in [2.05, 4.69) is 10.3 Å². The van der Waals surface area contributed by atoms with Crippen molar-refractivity contribution in [2.24, 2.45) is 0 Å². The molecule has 140 valence electrons. The van der Waals surface area contributed by atoms with Gasteiger partial charge >= 0.3 is 5.97 Å². The van der Waals surface area contributed by atoms with Crippen LogP contribution in [0, 0.1) is 0 Å². The largest absolute Gasteiger partial charge is 0.462 e. The van der Waals surface area contributed by atoms with Crippen LogP contribution in [0.2, 0.25) is 0 Å². The molecule has 0 fully saturated rings. The first-order chi connectivity index (χ1) is 13.1. The third-order valence-corrected chi connectivity index (χ3v) is 4.78. The summed E-state index contributed by atoms with van der Waals surface area (Å²) in [6.45, 7) is 2.28. The van der Waals surface area contributed by atoms with E-state index in [1.807, 2.05) is 6.92 Å². The first kappa shape index (κ1) is 18.8. The quantitative estimate of drug-likeness (QED) is 0.499. The number of aromatic nitrogens is 2. The van der Waals surface area contributed by atoms with Crippen LogP contribution in [0.4, 0.5) is 5.69 Å². The summed E-state index contributed by atoms with van der Waals surface area (Å²) >= 11 is 1.30. The molecule has 1 amide bonds. The molecule has 8 heteroatoms. The van der Waals surface area contributed by atoms with Gasteiger partial charge in [0.2, 0.25) is 5.91 Å². The van der Waals surface area contributed by atoms with E-state index < -0.39 is 0 Å². The maximum Gasteiger partial charge on any atom is 0.338 e. The van der Waals surface area contributed by atoms with Gasteiger partial charge in [-0.2, -0.15) is 0 Å². The van der Waals surface area contributed by atoms with Gasteiger partial charge in [-0.1, -0.05) is 13.3 Å². The smallest absolute Gasteiger partial charge is 0.338 e. The molecule has 0 aliphatic heterocycles. The van der Waals surface area contributed by atoms with Gasteiger partial charge in [0.05, 0.1) is 24.0 Å². The molecule has 1 aromatic carbocycles. The molecule has 0 spiro atoms. The fraction of sp³-hybridized carbons (Fsp3) is 0.263. The van der Waals surface area contributed by atoms with Crippen molar-refractivity contribution in [3.05, 3.63) is 58.0 Å². The van der Waals surface area contributed by atoms with Crippen LogP contribution in [0.25, 0.3) is 10.2 Å². The fourth-order valence-corrected chi connectivity index (χ4v) is 3.22. The molecule has 0 atom stereocenters. The summed E-state index contributed by atoms with van der Waals surface area (Å²) in [5, 5.41) is 4.49. The van der Waals surface area contributed by atoms with Crippen LogP contribution in [0.15, 0.2) is 46.8 Å². The lowest BCUT2D eigenvalue weighted by Crippen LogP contribution is -2.27. The summed E-state index contributed by atoms with van der Waals surface area (Å²) in [7, 11) is 0. The highest BCUT2D eigenvalue weighted by Crippen LogP contribution is 2.14. The minimum absolute atomic E-state index is 0.138. The maximum absolute atomic E-state index is 12.3. The molecule has 27 heavy (non-hydrogen) atoms. The Labute approximate surface area is 159 Å². The van der Waals surface area contributed by atoms with E-state index in [1.165, 1.54) is 22.2 Å². The van der Waals surface area contributed by atoms with Crippen molar-refractivity contribution in [1.29, 1.82) is 0 Å². The van der Waals surface area contributed by atoms with Crippen molar-refractivity contribution >= 4 is 39.1 Å². The van der Waals surface area contributed by atoms with Crippen molar-refractivity contribution in [2.45, 2.75) is 26.3 Å². The van der Waals surface area contributed by atoms with Crippen LogP contribution in [-0.4, -0.2) is 28.0 Å². The third kappa shape index (κ3) is 4.59. The summed E-state index contributed by atoms with van der Waals surface area (Å²) in [4.78, 5) is 40.6. The van der Waals surface area contributed by atoms with Crippen molar-refractivity contribution in [2.75, 3.05) is 11.9 Å². The van der Waals surface area contributed by atoms with Gasteiger partial charge in [-0.05, 0) is 42.1 Å². The predicted molar refractivity (Wildman–Crippen MR) is 104 cm³/mol. The topological polar surface area (TPSA) is 90.3 Å². The van der Waals surface area contributed by atoms with Crippen molar-refractivity contribution in [1.82, 2.24) is 9.55 Å². The van der Waals surface area contributed by atoms with Gasteiger partial charge in [0.25, 0.3) is 5.56 Å². The molecule has 0 saturated heterocycles. The number of carbonyl (C=O) groups is 2. The second-order valence-electron chi connectivity index (χ2n) is 5.93. The van der Waals surface area contributed by atoms with Crippen LogP contribution >= 0.6 is 11.3 Å². The molecule has 0 bridgehead atoms. The molecule has 0 aliphatic carbocycles. The number of fused-ring (bicyclic) bond motifs is 1.